The number of rotatable bonds is 7. The highest BCUT2D eigenvalue weighted by Crippen LogP contribution is 2.36. The number of aromatic nitrogens is 2. The zero-order valence-electron chi connectivity index (χ0n) is 19.9. The van der Waals surface area contributed by atoms with Gasteiger partial charge in [-0.25, -0.2) is 4.98 Å². The number of benzene rings is 2. The van der Waals surface area contributed by atoms with Crippen LogP contribution in [0.15, 0.2) is 54.7 Å². The molecule has 1 heterocycles. The number of alkyl halides is 3. The highest BCUT2D eigenvalue weighted by Gasteiger charge is 2.35. The van der Waals surface area contributed by atoms with Gasteiger partial charge >= 0.3 is 6.18 Å². The van der Waals surface area contributed by atoms with E-state index in [0.717, 1.165) is 24.8 Å². The summed E-state index contributed by atoms with van der Waals surface area (Å²) in [5, 5.41) is 5.72. The van der Waals surface area contributed by atoms with Crippen LogP contribution in [0.2, 0.25) is 0 Å². The average Bonchev–Trinajstić information content (AvgIpc) is 3.28. The van der Waals surface area contributed by atoms with Gasteiger partial charge in [0.25, 0.3) is 0 Å². The molecule has 2 aromatic carbocycles. The fraction of sp³-hybridized carbons (Fsp3) is 0.385. The Labute approximate surface area is 202 Å². The Morgan fingerprint density at radius 1 is 0.829 bits per heavy atom. The molecule has 6 nitrogen and oxygen atoms in total. The molecule has 0 amide bonds. The molecule has 0 atom stereocenters. The normalized spacial score (nSPS) is 14.6. The molecule has 0 unspecified atom stereocenters. The van der Waals surface area contributed by atoms with Gasteiger partial charge in [-0.3, -0.25) is 0 Å². The zero-order chi connectivity index (χ0) is 25.1. The molecule has 9 heteroatoms. The van der Waals surface area contributed by atoms with E-state index in [4.69, 9.17) is 9.47 Å². The summed E-state index contributed by atoms with van der Waals surface area (Å²) in [5.41, 5.74) is -0.265. The van der Waals surface area contributed by atoms with Crippen LogP contribution >= 0.6 is 0 Å². The van der Waals surface area contributed by atoms with Crippen LogP contribution in [0.4, 0.5) is 36.3 Å². The number of halogens is 3. The molecule has 1 fully saturated rings. The summed E-state index contributed by atoms with van der Waals surface area (Å²) >= 11 is 0. The maximum Gasteiger partial charge on any atom is 0.421 e. The van der Waals surface area contributed by atoms with Crippen LogP contribution in [0.1, 0.15) is 52.0 Å². The van der Waals surface area contributed by atoms with Gasteiger partial charge in [0.05, 0.1) is 6.10 Å². The van der Waals surface area contributed by atoms with Crippen molar-refractivity contribution >= 4 is 23.1 Å². The second-order valence-corrected chi connectivity index (χ2v) is 9.49. The minimum atomic E-state index is -4.62. The van der Waals surface area contributed by atoms with Crippen molar-refractivity contribution in [2.45, 2.75) is 64.3 Å². The van der Waals surface area contributed by atoms with E-state index in [1.165, 1.54) is 12.8 Å². The van der Waals surface area contributed by atoms with Gasteiger partial charge in [0.2, 0.25) is 5.95 Å². The first-order valence-corrected chi connectivity index (χ1v) is 11.6. The summed E-state index contributed by atoms with van der Waals surface area (Å²) in [4.78, 5) is 7.97. The summed E-state index contributed by atoms with van der Waals surface area (Å²) in [6, 6.07) is 13.9. The van der Waals surface area contributed by atoms with Gasteiger partial charge in [-0.2, -0.15) is 18.2 Å². The zero-order valence-corrected chi connectivity index (χ0v) is 19.9. The van der Waals surface area contributed by atoms with Gasteiger partial charge in [-0.1, -0.05) is 0 Å². The lowest BCUT2D eigenvalue weighted by molar-refractivity contribution is -0.137. The van der Waals surface area contributed by atoms with Crippen molar-refractivity contribution in [3.05, 3.63) is 60.3 Å². The SMILES string of the molecule is CC(C)(C)Oc1ccc(Nc2nc(Nc3ccc(OC4CCCC4)cc3)ncc2C(F)(F)F)cc1. The molecule has 1 saturated carbocycles. The predicted molar refractivity (Wildman–Crippen MR) is 130 cm³/mol. The third kappa shape index (κ3) is 7.00. The topological polar surface area (TPSA) is 68.3 Å². The molecule has 2 N–H and O–H groups in total. The van der Waals surface area contributed by atoms with Crippen molar-refractivity contribution in [1.29, 1.82) is 0 Å². The van der Waals surface area contributed by atoms with Crippen LogP contribution < -0.4 is 20.1 Å². The van der Waals surface area contributed by atoms with E-state index in [9.17, 15) is 13.2 Å². The minimum Gasteiger partial charge on any atom is -0.490 e. The second-order valence-electron chi connectivity index (χ2n) is 9.49. The molecule has 186 valence electrons. The van der Waals surface area contributed by atoms with Crippen LogP contribution in [-0.2, 0) is 6.18 Å². The smallest absolute Gasteiger partial charge is 0.421 e. The average molecular weight is 487 g/mol. The fourth-order valence-corrected chi connectivity index (χ4v) is 3.79. The van der Waals surface area contributed by atoms with Crippen LogP contribution in [0.3, 0.4) is 0 Å². The lowest BCUT2D eigenvalue weighted by Crippen LogP contribution is -2.22. The van der Waals surface area contributed by atoms with Crippen LogP contribution in [0.25, 0.3) is 0 Å². The summed E-state index contributed by atoms with van der Waals surface area (Å²) in [6.45, 7) is 5.75. The van der Waals surface area contributed by atoms with Crippen molar-refractivity contribution in [2.24, 2.45) is 0 Å². The highest BCUT2D eigenvalue weighted by atomic mass is 19.4. The van der Waals surface area contributed by atoms with E-state index in [2.05, 4.69) is 20.6 Å². The summed E-state index contributed by atoms with van der Waals surface area (Å²) in [7, 11) is 0. The Bertz CT molecular complexity index is 1120. The third-order valence-electron chi connectivity index (χ3n) is 5.35. The number of nitrogens with zero attached hydrogens (tertiary/aromatic N) is 2. The van der Waals surface area contributed by atoms with E-state index in [1.54, 1.807) is 36.4 Å². The largest absolute Gasteiger partial charge is 0.490 e. The Morgan fingerprint density at radius 3 is 1.97 bits per heavy atom. The maximum atomic E-state index is 13.6. The molecule has 1 aliphatic carbocycles. The number of ether oxygens (including phenoxy) is 2. The van der Waals surface area contributed by atoms with Crippen LogP contribution in [0, 0.1) is 0 Å². The Hall–Kier alpha value is -3.49. The molecule has 0 aliphatic heterocycles. The molecule has 0 spiro atoms. The first kappa shape index (κ1) is 24.6. The fourth-order valence-electron chi connectivity index (χ4n) is 3.79. The first-order chi connectivity index (χ1) is 16.5. The molecule has 3 aromatic rings. The number of hydrogen-bond acceptors (Lipinski definition) is 6. The number of hydrogen-bond donors (Lipinski definition) is 2. The number of nitrogens with one attached hydrogen (secondary N) is 2. The first-order valence-electron chi connectivity index (χ1n) is 11.6. The van der Waals surface area contributed by atoms with Gasteiger partial charge in [0.1, 0.15) is 28.5 Å². The molecule has 0 bridgehead atoms. The van der Waals surface area contributed by atoms with Gasteiger partial charge in [0, 0.05) is 17.6 Å². The Morgan fingerprint density at radius 2 is 1.40 bits per heavy atom. The van der Waals surface area contributed by atoms with Crippen LogP contribution in [-0.4, -0.2) is 21.7 Å². The lowest BCUT2D eigenvalue weighted by atomic mass is 10.2. The third-order valence-corrected chi connectivity index (χ3v) is 5.35. The van der Waals surface area contributed by atoms with Gasteiger partial charge in [-0.05, 0) is 95.0 Å². The van der Waals surface area contributed by atoms with E-state index in [0.29, 0.717) is 17.1 Å². The molecule has 0 saturated heterocycles. The summed E-state index contributed by atoms with van der Waals surface area (Å²) in [5.74, 6) is 1.07. The summed E-state index contributed by atoms with van der Waals surface area (Å²) < 4.78 is 52.5. The molecule has 1 aliphatic rings. The van der Waals surface area contributed by atoms with E-state index in [-0.39, 0.29) is 23.5 Å². The predicted octanol–water partition coefficient (Wildman–Crippen LogP) is 7.48. The molecule has 0 radical (unpaired) electrons. The minimum absolute atomic E-state index is 0.0395. The molecular weight excluding hydrogens is 457 g/mol. The molecule has 4 rings (SSSR count). The van der Waals surface area contributed by atoms with E-state index in [1.807, 2.05) is 32.9 Å². The lowest BCUT2D eigenvalue weighted by Gasteiger charge is -2.21. The Kier molecular flexibility index (Phi) is 7.05. The molecule has 35 heavy (non-hydrogen) atoms. The van der Waals surface area contributed by atoms with E-state index < -0.39 is 11.7 Å². The molecular formula is C26H29F3N4O2. The van der Waals surface area contributed by atoms with Crippen molar-refractivity contribution in [1.82, 2.24) is 9.97 Å². The Balaban J connectivity index is 1.49. The quantitative estimate of drug-likeness (QED) is 0.361. The standard InChI is InChI=1S/C26H29F3N4O2/c1-25(2,3)35-21-14-10-17(11-15-21)31-23-22(26(27,28)29)16-30-24(33-23)32-18-8-12-20(13-9-18)34-19-6-4-5-7-19/h8-16,19H,4-7H2,1-3H3,(H2,30,31,32,33). The van der Waals surface area contributed by atoms with Crippen LogP contribution in [0.5, 0.6) is 11.5 Å². The van der Waals surface area contributed by atoms with Gasteiger partial charge in [-0.15, -0.1) is 0 Å². The second kappa shape index (κ2) is 10.0. The van der Waals surface area contributed by atoms with Gasteiger partial charge < -0.3 is 20.1 Å². The van der Waals surface area contributed by atoms with Crippen molar-refractivity contribution in [3.63, 3.8) is 0 Å². The number of anilines is 4. The summed E-state index contributed by atoms with van der Waals surface area (Å²) in [6.07, 6.45) is 0.876. The van der Waals surface area contributed by atoms with Crippen molar-refractivity contribution < 1.29 is 22.6 Å². The maximum absolute atomic E-state index is 13.6. The van der Waals surface area contributed by atoms with Gasteiger partial charge in [0.15, 0.2) is 0 Å². The highest BCUT2D eigenvalue weighted by molar-refractivity contribution is 5.63. The monoisotopic (exact) mass is 486 g/mol. The van der Waals surface area contributed by atoms with Crippen molar-refractivity contribution in [2.75, 3.05) is 10.6 Å². The van der Waals surface area contributed by atoms with E-state index >= 15 is 0 Å². The van der Waals surface area contributed by atoms with Crippen molar-refractivity contribution in [3.8, 4) is 11.5 Å². The molecule has 1 aromatic heterocycles.